The summed E-state index contributed by atoms with van der Waals surface area (Å²) in [5.74, 6) is 0.306. The van der Waals surface area contributed by atoms with Crippen LogP contribution in [-0.4, -0.2) is 18.3 Å². The molecule has 1 aromatic heterocycles. The molecule has 1 aromatic carbocycles. The number of aromatic nitrogens is 1. The van der Waals surface area contributed by atoms with Crippen molar-refractivity contribution < 1.29 is 13.2 Å². The molecule has 0 aliphatic heterocycles. The van der Waals surface area contributed by atoms with Gasteiger partial charge in [-0.05, 0) is 36.6 Å². The van der Waals surface area contributed by atoms with Gasteiger partial charge in [0.2, 0.25) is 0 Å². The second-order valence-corrected chi connectivity index (χ2v) is 5.11. The van der Waals surface area contributed by atoms with Gasteiger partial charge in [0.1, 0.15) is 11.6 Å². The van der Waals surface area contributed by atoms with E-state index in [-0.39, 0.29) is 11.6 Å². The standard InChI is InChI=1S/C14H14F3N3S/c1-18-12-6-9(14(15,16)17)7-13(20-12)19-10-4-3-5-11(8-10)21-2/h3-8H,1-2H3,(H2,18,19,20). The summed E-state index contributed by atoms with van der Waals surface area (Å²) in [5.41, 5.74) is -0.0545. The second kappa shape index (κ2) is 6.26. The quantitative estimate of drug-likeness (QED) is 0.808. The lowest BCUT2D eigenvalue weighted by Gasteiger charge is -2.13. The van der Waals surface area contributed by atoms with Crippen LogP contribution in [0.2, 0.25) is 0 Å². The maximum atomic E-state index is 12.9. The van der Waals surface area contributed by atoms with Crippen LogP contribution in [0, 0.1) is 0 Å². The average Bonchev–Trinajstić information content (AvgIpc) is 2.46. The average molecular weight is 313 g/mol. The molecular weight excluding hydrogens is 299 g/mol. The van der Waals surface area contributed by atoms with E-state index in [1.165, 1.54) is 7.05 Å². The van der Waals surface area contributed by atoms with Crippen LogP contribution in [0.3, 0.4) is 0 Å². The zero-order valence-electron chi connectivity index (χ0n) is 11.5. The largest absolute Gasteiger partial charge is 0.416 e. The first-order valence-corrected chi connectivity index (χ1v) is 7.33. The van der Waals surface area contributed by atoms with Crippen molar-refractivity contribution in [1.82, 2.24) is 4.98 Å². The van der Waals surface area contributed by atoms with Crippen LogP contribution in [0.5, 0.6) is 0 Å². The molecule has 0 fully saturated rings. The number of hydrogen-bond donors (Lipinski definition) is 2. The summed E-state index contributed by atoms with van der Waals surface area (Å²) < 4.78 is 38.6. The van der Waals surface area contributed by atoms with Crippen molar-refractivity contribution in [3.8, 4) is 0 Å². The van der Waals surface area contributed by atoms with Gasteiger partial charge >= 0.3 is 6.18 Å². The van der Waals surface area contributed by atoms with E-state index in [1.54, 1.807) is 17.8 Å². The van der Waals surface area contributed by atoms with Gasteiger partial charge in [0, 0.05) is 17.6 Å². The zero-order chi connectivity index (χ0) is 15.5. The number of pyridine rings is 1. The van der Waals surface area contributed by atoms with Crippen LogP contribution in [-0.2, 0) is 6.18 Å². The van der Waals surface area contributed by atoms with Crippen molar-refractivity contribution in [3.05, 3.63) is 42.0 Å². The van der Waals surface area contributed by atoms with Gasteiger partial charge < -0.3 is 10.6 Å². The number of thioether (sulfide) groups is 1. The van der Waals surface area contributed by atoms with Gasteiger partial charge in [0.15, 0.2) is 0 Å². The Bertz CT molecular complexity index is 629. The summed E-state index contributed by atoms with van der Waals surface area (Å²) in [7, 11) is 1.53. The summed E-state index contributed by atoms with van der Waals surface area (Å²) in [5, 5.41) is 5.53. The molecule has 0 unspecified atom stereocenters. The van der Waals surface area contributed by atoms with Crippen LogP contribution < -0.4 is 10.6 Å². The fourth-order valence-electron chi connectivity index (χ4n) is 1.74. The Labute approximate surface area is 125 Å². The first-order chi connectivity index (χ1) is 9.92. The number of anilines is 3. The first-order valence-electron chi connectivity index (χ1n) is 6.10. The molecule has 0 saturated heterocycles. The Morgan fingerprint density at radius 2 is 1.81 bits per heavy atom. The number of nitrogens with zero attached hydrogens (tertiary/aromatic N) is 1. The zero-order valence-corrected chi connectivity index (χ0v) is 12.3. The molecule has 0 aliphatic rings. The fourth-order valence-corrected chi connectivity index (χ4v) is 2.19. The van der Waals surface area contributed by atoms with Crippen LogP contribution in [0.4, 0.5) is 30.5 Å². The Hall–Kier alpha value is -1.89. The lowest BCUT2D eigenvalue weighted by atomic mass is 10.2. The van der Waals surface area contributed by atoms with Gasteiger partial charge in [-0.2, -0.15) is 13.2 Å². The minimum absolute atomic E-state index is 0.146. The summed E-state index contributed by atoms with van der Waals surface area (Å²) in [6.45, 7) is 0. The first kappa shape index (κ1) is 15.5. The molecule has 112 valence electrons. The topological polar surface area (TPSA) is 37.0 Å². The molecule has 21 heavy (non-hydrogen) atoms. The summed E-state index contributed by atoms with van der Waals surface area (Å²) in [4.78, 5) is 5.10. The van der Waals surface area contributed by atoms with E-state index in [1.807, 2.05) is 24.5 Å². The SMILES string of the molecule is CNc1cc(C(F)(F)F)cc(Nc2cccc(SC)c2)n1. The Morgan fingerprint density at radius 3 is 2.43 bits per heavy atom. The molecule has 0 spiro atoms. The molecule has 2 N–H and O–H groups in total. The van der Waals surface area contributed by atoms with E-state index in [4.69, 9.17) is 0 Å². The highest BCUT2D eigenvalue weighted by atomic mass is 32.2. The lowest BCUT2D eigenvalue weighted by molar-refractivity contribution is -0.137. The third-order valence-electron chi connectivity index (χ3n) is 2.75. The van der Waals surface area contributed by atoms with E-state index < -0.39 is 11.7 Å². The van der Waals surface area contributed by atoms with E-state index >= 15 is 0 Å². The summed E-state index contributed by atoms with van der Waals surface area (Å²) in [6.07, 6.45) is -2.48. The van der Waals surface area contributed by atoms with Crippen molar-refractivity contribution in [3.63, 3.8) is 0 Å². The van der Waals surface area contributed by atoms with E-state index in [9.17, 15) is 13.2 Å². The maximum absolute atomic E-state index is 12.9. The molecule has 0 saturated carbocycles. The molecule has 2 rings (SSSR count). The van der Waals surface area contributed by atoms with Crippen molar-refractivity contribution in [2.45, 2.75) is 11.1 Å². The van der Waals surface area contributed by atoms with E-state index in [0.29, 0.717) is 5.69 Å². The van der Waals surface area contributed by atoms with Gasteiger partial charge in [-0.1, -0.05) is 6.07 Å². The minimum atomic E-state index is -4.41. The molecule has 0 radical (unpaired) electrons. The van der Waals surface area contributed by atoms with Gasteiger partial charge in [-0.3, -0.25) is 0 Å². The Balaban J connectivity index is 2.34. The van der Waals surface area contributed by atoms with Crippen LogP contribution >= 0.6 is 11.8 Å². The maximum Gasteiger partial charge on any atom is 0.416 e. The number of alkyl halides is 3. The number of nitrogens with one attached hydrogen (secondary N) is 2. The summed E-state index contributed by atoms with van der Waals surface area (Å²) in [6, 6.07) is 9.36. The lowest BCUT2D eigenvalue weighted by Crippen LogP contribution is -2.08. The predicted octanol–water partition coefficient (Wildman–Crippen LogP) is 4.61. The normalized spacial score (nSPS) is 11.3. The molecule has 0 bridgehead atoms. The third kappa shape index (κ3) is 4.04. The third-order valence-corrected chi connectivity index (χ3v) is 3.48. The Kier molecular flexibility index (Phi) is 4.62. The predicted molar refractivity (Wildman–Crippen MR) is 80.3 cm³/mol. The number of benzene rings is 1. The van der Waals surface area contributed by atoms with Gasteiger partial charge in [0.05, 0.1) is 5.56 Å². The Morgan fingerprint density at radius 1 is 1.10 bits per heavy atom. The molecule has 2 aromatic rings. The van der Waals surface area contributed by atoms with Crippen molar-refractivity contribution in [2.75, 3.05) is 23.9 Å². The smallest absolute Gasteiger partial charge is 0.373 e. The number of hydrogen-bond acceptors (Lipinski definition) is 4. The number of rotatable bonds is 4. The van der Waals surface area contributed by atoms with Crippen molar-refractivity contribution in [1.29, 1.82) is 0 Å². The van der Waals surface area contributed by atoms with E-state index in [2.05, 4.69) is 15.6 Å². The molecule has 1 heterocycles. The van der Waals surface area contributed by atoms with Crippen LogP contribution in [0.25, 0.3) is 0 Å². The monoisotopic (exact) mass is 313 g/mol. The van der Waals surface area contributed by atoms with Gasteiger partial charge in [-0.25, -0.2) is 4.98 Å². The highest BCUT2D eigenvalue weighted by Gasteiger charge is 2.31. The van der Waals surface area contributed by atoms with Gasteiger partial charge in [0.25, 0.3) is 0 Å². The second-order valence-electron chi connectivity index (χ2n) is 4.23. The minimum Gasteiger partial charge on any atom is -0.373 e. The summed E-state index contributed by atoms with van der Waals surface area (Å²) >= 11 is 1.56. The molecule has 0 atom stereocenters. The molecular formula is C14H14F3N3S. The molecule has 0 amide bonds. The van der Waals surface area contributed by atoms with Crippen LogP contribution in [0.1, 0.15) is 5.56 Å². The fraction of sp³-hybridized carbons (Fsp3) is 0.214. The van der Waals surface area contributed by atoms with Crippen molar-refractivity contribution >= 4 is 29.1 Å². The molecule has 7 heteroatoms. The van der Waals surface area contributed by atoms with Gasteiger partial charge in [-0.15, -0.1) is 11.8 Å². The number of halogens is 3. The molecule has 3 nitrogen and oxygen atoms in total. The van der Waals surface area contributed by atoms with Crippen LogP contribution in [0.15, 0.2) is 41.3 Å². The molecule has 0 aliphatic carbocycles. The van der Waals surface area contributed by atoms with Crippen molar-refractivity contribution in [2.24, 2.45) is 0 Å². The highest BCUT2D eigenvalue weighted by Crippen LogP contribution is 2.32. The highest BCUT2D eigenvalue weighted by molar-refractivity contribution is 7.98. The van der Waals surface area contributed by atoms with E-state index in [0.717, 1.165) is 17.0 Å².